The molecule has 1 fully saturated rings. The van der Waals surface area contributed by atoms with Crippen molar-refractivity contribution < 1.29 is 13.9 Å². The van der Waals surface area contributed by atoms with Crippen LogP contribution in [0.4, 0.5) is 4.39 Å². The number of nitrogens with one attached hydrogen (secondary N) is 1. The number of alkyl halides is 1. The second kappa shape index (κ2) is 6.73. The normalized spacial score (nSPS) is 16.4. The van der Waals surface area contributed by atoms with Crippen LogP contribution in [0.5, 0.6) is 11.5 Å². The molecule has 0 amide bonds. The Morgan fingerprint density at radius 3 is 2.32 bits per heavy atom. The number of rotatable bonds is 5. The first-order valence-electron chi connectivity index (χ1n) is 6.51. The fraction of sp³-hybridized carbons (Fsp3) is 0.571. The van der Waals surface area contributed by atoms with Gasteiger partial charge in [-0.2, -0.15) is 0 Å². The summed E-state index contributed by atoms with van der Waals surface area (Å²) in [6, 6.07) is 3.62. The summed E-state index contributed by atoms with van der Waals surface area (Å²) in [5, 5.41) is 3.32. The summed E-state index contributed by atoms with van der Waals surface area (Å²) >= 11 is 0. The first kappa shape index (κ1) is 14.1. The molecule has 0 atom stereocenters. The van der Waals surface area contributed by atoms with E-state index in [1.54, 1.807) is 20.3 Å². The van der Waals surface area contributed by atoms with E-state index in [1.807, 2.05) is 6.07 Å². The summed E-state index contributed by atoms with van der Waals surface area (Å²) in [4.78, 5) is 2.34. The first-order chi connectivity index (χ1) is 9.28. The predicted molar refractivity (Wildman–Crippen MR) is 72.5 cm³/mol. The van der Waals surface area contributed by atoms with Crippen LogP contribution in [-0.2, 0) is 13.2 Å². The lowest BCUT2D eigenvalue weighted by atomic mass is 10.1. The fourth-order valence-electron chi connectivity index (χ4n) is 2.38. The number of hydrogen-bond donors (Lipinski definition) is 1. The molecule has 0 saturated carbocycles. The van der Waals surface area contributed by atoms with E-state index in [9.17, 15) is 4.39 Å². The van der Waals surface area contributed by atoms with Gasteiger partial charge in [0.15, 0.2) is 0 Å². The smallest absolute Gasteiger partial charge is 0.128 e. The minimum Gasteiger partial charge on any atom is -0.496 e. The van der Waals surface area contributed by atoms with Crippen molar-refractivity contribution in [3.8, 4) is 11.5 Å². The zero-order valence-corrected chi connectivity index (χ0v) is 11.5. The lowest BCUT2D eigenvalue weighted by molar-refractivity contribution is 0.229. The van der Waals surface area contributed by atoms with E-state index in [4.69, 9.17) is 9.47 Å². The van der Waals surface area contributed by atoms with Crippen LogP contribution in [-0.4, -0.2) is 45.3 Å². The number of benzene rings is 1. The Morgan fingerprint density at radius 2 is 1.74 bits per heavy atom. The zero-order valence-electron chi connectivity index (χ0n) is 11.5. The van der Waals surface area contributed by atoms with E-state index in [2.05, 4.69) is 10.2 Å². The molecule has 4 nitrogen and oxygen atoms in total. The number of hydrogen-bond acceptors (Lipinski definition) is 4. The van der Waals surface area contributed by atoms with Crippen molar-refractivity contribution in [3.63, 3.8) is 0 Å². The fourth-order valence-corrected chi connectivity index (χ4v) is 2.38. The van der Waals surface area contributed by atoms with Crippen molar-refractivity contribution in [1.29, 1.82) is 0 Å². The Kier molecular flexibility index (Phi) is 4.99. The SMILES string of the molecule is COc1cc(OC)c(CN2CCNCC2)cc1CF. The average Bonchev–Trinajstić information content (AvgIpc) is 2.47. The van der Waals surface area contributed by atoms with Crippen molar-refractivity contribution in [2.24, 2.45) is 0 Å². The molecule has 0 unspecified atom stereocenters. The molecule has 0 aliphatic carbocycles. The van der Waals surface area contributed by atoms with Gasteiger partial charge in [0.25, 0.3) is 0 Å². The summed E-state index contributed by atoms with van der Waals surface area (Å²) in [5.41, 5.74) is 1.59. The topological polar surface area (TPSA) is 33.7 Å². The maximum atomic E-state index is 13.0. The molecule has 0 bridgehead atoms. The minimum atomic E-state index is -0.526. The summed E-state index contributed by atoms with van der Waals surface area (Å²) in [5.74, 6) is 1.30. The summed E-state index contributed by atoms with van der Waals surface area (Å²) in [7, 11) is 3.18. The van der Waals surface area contributed by atoms with Gasteiger partial charge in [-0.1, -0.05) is 0 Å². The lowest BCUT2D eigenvalue weighted by Crippen LogP contribution is -2.42. The molecule has 0 aromatic heterocycles. The van der Waals surface area contributed by atoms with Gasteiger partial charge in [0.2, 0.25) is 0 Å². The highest BCUT2D eigenvalue weighted by atomic mass is 19.1. The maximum absolute atomic E-state index is 13.0. The number of methoxy groups -OCH3 is 2. The molecule has 1 aromatic carbocycles. The van der Waals surface area contributed by atoms with Crippen molar-refractivity contribution in [2.45, 2.75) is 13.2 Å². The summed E-state index contributed by atoms with van der Waals surface area (Å²) in [6.45, 7) is 4.24. The van der Waals surface area contributed by atoms with Crippen LogP contribution in [0.15, 0.2) is 12.1 Å². The highest BCUT2D eigenvalue weighted by Gasteiger charge is 2.15. The molecular weight excluding hydrogens is 247 g/mol. The molecule has 0 radical (unpaired) electrons. The van der Waals surface area contributed by atoms with Gasteiger partial charge in [-0.3, -0.25) is 4.90 Å². The van der Waals surface area contributed by atoms with Crippen molar-refractivity contribution in [1.82, 2.24) is 10.2 Å². The van der Waals surface area contributed by atoms with Crippen LogP contribution in [0.3, 0.4) is 0 Å². The molecule has 2 rings (SSSR count). The summed E-state index contributed by atoms with van der Waals surface area (Å²) in [6.07, 6.45) is 0. The van der Waals surface area contributed by atoms with Gasteiger partial charge in [0.05, 0.1) is 14.2 Å². The molecule has 1 N–H and O–H groups in total. The number of nitrogens with zero attached hydrogens (tertiary/aromatic N) is 1. The van der Waals surface area contributed by atoms with Crippen LogP contribution in [0.2, 0.25) is 0 Å². The van der Waals surface area contributed by atoms with E-state index >= 15 is 0 Å². The number of piperazine rings is 1. The Bertz CT molecular complexity index is 420. The molecule has 1 aliphatic rings. The zero-order chi connectivity index (χ0) is 13.7. The standard InChI is InChI=1S/C14H21FN2O2/c1-18-13-8-14(19-2)12(7-11(13)9-15)10-17-5-3-16-4-6-17/h7-8,16H,3-6,9-10H2,1-2H3. The highest BCUT2D eigenvalue weighted by Crippen LogP contribution is 2.30. The minimum absolute atomic E-state index is 0.526. The third kappa shape index (κ3) is 3.36. The first-order valence-corrected chi connectivity index (χ1v) is 6.51. The molecular formula is C14H21FN2O2. The average molecular weight is 268 g/mol. The molecule has 1 aromatic rings. The van der Waals surface area contributed by atoms with Gasteiger partial charge >= 0.3 is 0 Å². The van der Waals surface area contributed by atoms with Gasteiger partial charge in [-0.15, -0.1) is 0 Å². The van der Waals surface area contributed by atoms with Crippen molar-refractivity contribution >= 4 is 0 Å². The highest BCUT2D eigenvalue weighted by molar-refractivity contribution is 5.46. The molecule has 1 saturated heterocycles. The van der Waals surface area contributed by atoms with E-state index in [0.29, 0.717) is 11.3 Å². The van der Waals surface area contributed by atoms with Gasteiger partial charge in [-0.25, -0.2) is 4.39 Å². The number of ether oxygens (including phenoxy) is 2. The molecule has 0 spiro atoms. The monoisotopic (exact) mass is 268 g/mol. The summed E-state index contributed by atoms with van der Waals surface area (Å²) < 4.78 is 23.6. The van der Waals surface area contributed by atoms with Crippen LogP contribution in [0, 0.1) is 0 Å². The Hall–Kier alpha value is -1.33. The predicted octanol–water partition coefficient (Wildman–Crippen LogP) is 1.58. The van der Waals surface area contributed by atoms with Crippen LogP contribution >= 0.6 is 0 Å². The third-order valence-electron chi connectivity index (χ3n) is 3.43. The lowest BCUT2D eigenvalue weighted by Gasteiger charge is -2.28. The van der Waals surface area contributed by atoms with E-state index in [-0.39, 0.29) is 0 Å². The van der Waals surface area contributed by atoms with Gasteiger partial charge < -0.3 is 14.8 Å². The van der Waals surface area contributed by atoms with Crippen molar-refractivity contribution in [2.75, 3.05) is 40.4 Å². The van der Waals surface area contributed by atoms with E-state index < -0.39 is 6.67 Å². The Labute approximate surface area is 113 Å². The van der Waals surface area contributed by atoms with Gasteiger partial charge in [0.1, 0.15) is 18.2 Å². The third-order valence-corrected chi connectivity index (χ3v) is 3.43. The van der Waals surface area contributed by atoms with Crippen LogP contribution < -0.4 is 14.8 Å². The number of halogens is 1. The second-order valence-electron chi connectivity index (χ2n) is 4.64. The maximum Gasteiger partial charge on any atom is 0.128 e. The Morgan fingerprint density at radius 1 is 1.11 bits per heavy atom. The van der Waals surface area contributed by atoms with Crippen molar-refractivity contribution in [3.05, 3.63) is 23.3 Å². The van der Waals surface area contributed by atoms with Gasteiger partial charge in [-0.05, 0) is 6.07 Å². The largest absolute Gasteiger partial charge is 0.496 e. The molecule has 106 valence electrons. The molecule has 19 heavy (non-hydrogen) atoms. The van der Waals surface area contributed by atoms with Crippen LogP contribution in [0.25, 0.3) is 0 Å². The molecule has 1 heterocycles. The van der Waals surface area contributed by atoms with Crippen LogP contribution in [0.1, 0.15) is 11.1 Å². The molecule has 1 aliphatic heterocycles. The quantitative estimate of drug-likeness (QED) is 0.879. The Balaban J connectivity index is 2.21. The van der Waals surface area contributed by atoms with Gasteiger partial charge in [0, 0.05) is 49.9 Å². The van der Waals surface area contributed by atoms with E-state index in [0.717, 1.165) is 44.0 Å². The van der Waals surface area contributed by atoms with E-state index in [1.165, 1.54) is 0 Å². The second-order valence-corrected chi connectivity index (χ2v) is 4.64. The molecule has 5 heteroatoms.